The second-order valence-electron chi connectivity index (χ2n) is 12.2. The molecule has 0 aromatic heterocycles. The summed E-state index contributed by atoms with van der Waals surface area (Å²) in [5.74, 6) is 4.93. The number of aliphatic hydroxyl groups is 1. The van der Waals surface area contributed by atoms with Gasteiger partial charge in [0.1, 0.15) is 0 Å². The average Bonchev–Trinajstić information content (AvgIpc) is 3.03. The minimum atomic E-state index is -0.0906. The van der Waals surface area contributed by atoms with Gasteiger partial charge in [-0.05, 0) is 111 Å². The third kappa shape index (κ3) is 3.58. The zero-order valence-electron chi connectivity index (χ0n) is 19.8. The zero-order valence-corrected chi connectivity index (χ0v) is 19.8. The molecule has 0 aromatic carbocycles. The highest BCUT2D eigenvalue weighted by atomic mass is 16.3. The summed E-state index contributed by atoms with van der Waals surface area (Å²) >= 11 is 0. The molecule has 1 heteroatoms. The van der Waals surface area contributed by atoms with E-state index < -0.39 is 0 Å². The van der Waals surface area contributed by atoms with Crippen molar-refractivity contribution in [2.45, 2.75) is 105 Å². The molecule has 1 nitrogen and oxygen atoms in total. The molecule has 0 amide bonds. The molecule has 1 N–H and O–H groups in total. The van der Waals surface area contributed by atoms with Crippen LogP contribution >= 0.6 is 0 Å². The molecule has 0 radical (unpaired) electrons. The van der Waals surface area contributed by atoms with Crippen molar-refractivity contribution in [2.75, 3.05) is 0 Å². The van der Waals surface area contributed by atoms with E-state index in [2.05, 4.69) is 47.3 Å². The fourth-order valence-corrected chi connectivity index (χ4v) is 8.23. The Labute approximate surface area is 180 Å². The Bertz CT molecular complexity index is 659. The van der Waals surface area contributed by atoms with Crippen LogP contribution in [0.25, 0.3) is 0 Å². The molecule has 4 rings (SSSR count). The molecular weight excluding hydrogens is 352 g/mol. The molecule has 3 saturated carbocycles. The van der Waals surface area contributed by atoms with Crippen molar-refractivity contribution >= 4 is 0 Å². The molecule has 29 heavy (non-hydrogen) atoms. The van der Waals surface area contributed by atoms with E-state index in [1.807, 2.05) is 0 Å². The molecule has 3 fully saturated rings. The molecule has 164 valence electrons. The number of rotatable bonds is 5. The first kappa shape index (κ1) is 21.7. The van der Waals surface area contributed by atoms with E-state index in [1.54, 1.807) is 11.1 Å². The minimum Gasteiger partial charge on any atom is -0.393 e. The topological polar surface area (TPSA) is 20.2 Å². The van der Waals surface area contributed by atoms with Crippen LogP contribution in [0, 0.1) is 46.3 Å². The Balaban J connectivity index is 1.49. The van der Waals surface area contributed by atoms with Crippen LogP contribution in [0.1, 0.15) is 98.8 Å². The lowest BCUT2D eigenvalue weighted by Crippen LogP contribution is -2.50. The largest absolute Gasteiger partial charge is 0.393 e. The Morgan fingerprint density at radius 2 is 1.86 bits per heavy atom. The van der Waals surface area contributed by atoms with E-state index in [9.17, 15) is 5.11 Å². The number of hydrogen-bond acceptors (Lipinski definition) is 1. The predicted molar refractivity (Wildman–Crippen MR) is 124 cm³/mol. The third-order valence-electron chi connectivity index (χ3n) is 10.6. The molecule has 4 aliphatic carbocycles. The normalized spacial score (nSPS) is 45.2. The van der Waals surface area contributed by atoms with Crippen LogP contribution in [-0.4, -0.2) is 11.2 Å². The summed E-state index contributed by atoms with van der Waals surface area (Å²) in [5.41, 5.74) is 4.02. The Morgan fingerprint density at radius 1 is 1.10 bits per heavy atom. The number of aliphatic hydroxyl groups excluding tert-OH is 1. The van der Waals surface area contributed by atoms with Crippen LogP contribution in [0.4, 0.5) is 0 Å². The molecule has 8 atom stereocenters. The number of fused-ring (bicyclic) bond motifs is 5. The van der Waals surface area contributed by atoms with Gasteiger partial charge in [-0.1, -0.05) is 58.4 Å². The zero-order chi connectivity index (χ0) is 21.0. The predicted octanol–water partition coefficient (Wildman–Crippen LogP) is 7.55. The van der Waals surface area contributed by atoms with Gasteiger partial charge in [-0.25, -0.2) is 0 Å². The van der Waals surface area contributed by atoms with E-state index >= 15 is 0 Å². The van der Waals surface area contributed by atoms with Crippen molar-refractivity contribution in [3.8, 4) is 0 Å². The van der Waals surface area contributed by atoms with Gasteiger partial charge in [-0.15, -0.1) is 0 Å². The summed E-state index contributed by atoms with van der Waals surface area (Å²) < 4.78 is 0. The Kier molecular flexibility index (Phi) is 5.86. The van der Waals surface area contributed by atoms with E-state index in [-0.39, 0.29) is 6.10 Å². The molecule has 0 bridgehead atoms. The van der Waals surface area contributed by atoms with Crippen LogP contribution in [0.2, 0.25) is 0 Å². The summed E-state index contributed by atoms with van der Waals surface area (Å²) in [6, 6.07) is 0. The molecule has 4 aliphatic rings. The van der Waals surface area contributed by atoms with Gasteiger partial charge >= 0.3 is 0 Å². The quantitative estimate of drug-likeness (QED) is 0.474. The number of allylic oxidation sites excluding steroid dienone is 2. The molecule has 0 unspecified atom stereocenters. The molecule has 0 heterocycles. The van der Waals surface area contributed by atoms with Crippen LogP contribution in [0.15, 0.2) is 23.8 Å². The van der Waals surface area contributed by atoms with Crippen molar-refractivity contribution < 1.29 is 5.11 Å². The lowest BCUT2D eigenvalue weighted by Gasteiger charge is -2.58. The second kappa shape index (κ2) is 7.85. The van der Waals surface area contributed by atoms with Crippen LogP contribution < -0.4 is 0 Å². The Morgan fingerprint density at radius 3 is 2.59 bits per heavy atom. The highest BCUT2D eigenvalue weighted by Crippen LogP contribution is 2.67. The monoisotopic (exact) mass is 398 g/mol. The van der Waals surface area contributed by atoms with Gasteiger partial charge in [0.15, 0.2) is 0 Å². The SMILES string of the molecule is C=C(CC[C@@H](C)C(C)C)[C@H]1CC[C@H]2[C@@H]3CC=C4C[C@@H](O)CC[C@]4(C)[C@H]3CC[C@]12C. The van der Waals surface area contributed by atoms with Crippen molar-refractivity contribution in [2.24, 2.45) is 46.3 Å². The average molecular weight is 399 g/mol. The standard InChI is InChI=1S/C28H46O/c1-18(2)19(3)7-8-20(4)24-11-12-25-23-10-9-21-17-22(29)13-15-27(21,5)26(23)14-16-28(24,25)6/h9,18-19,22-26,29H,4,7-8,10-17H2,1-3,5-6H3/t19-,22+,23+,24-,25+,26+,27+,28-/m1/s1. The van der Waals surface area contributed by atoms with Gasteiger partial charge in [0.25, 0.3) is 0 Å². The summed E-state index contributed by atoms with van der Waals surface area (Å²) in [6.45, 7) is 17.0. The van der Waals surface area contributed by atoms with Crippen molar-refractivity contribution in [3.05, 3.63) is 23.8 Å². The summed E-state index contributed by atoms with van der Waals surface area (Å²) in [4.78, 5) is 0. The molecular formula is C28H46O. The number of hydrogen-bond donors (Lipinski definition) is 1. The lowest BCUT2D eigenvalue weighted by atomic mass is 9.47. The van der Waals surface area contributed by atoms with E-state index in [1.165, 1.54) is 51.4 Å². The van der Waals surface area contributed by atoms with Gasteiger partial charge in [0, 0.05) is 0 Å². The van der Waals surface area contributed by atoms with E-state index in [0.29, 0.717) is 10.8 Å². The first-order chi connectivity index (χ1) is 13.7. The maximum atomic E-state index is 10.2. The highest BCUT2D eigenvalue weighted by molar-refractivity contribution is 5.26. The van der Waals surface area contributed by atoms with Gasteiger partial charge in [0.05, 0.1) is 6.10 Å². The third-order valence-corrected chi connectivity index (χ3v) is 10.6. The van der Waals surface area contributed by atoms with Crippen molar-refractivity contribution in [1.82, 2.24) is 0 Å². The highest BCUT2D eigenvalue weighted by Gasteiger charge is 2.58. The minimum absolute atomic E-state index is 0.0906. The lowest BCUT2D eigenvalue weighted by molar-refractivity contribution is -0.0457. The van der Waals surface area contributed by atoms with E-state index in [4.69, 9.17) is 0 Å². The van der Waals surface area contributed by atoms with Gasteiger partial charge in [-0.3, -0.25) is 0 Å². The van der Waals surface area contributed by atoms with Gasteiger partial charge < -0.3 is 5.11 Å². The maximum absolute atomic E-state index is 10.2. The molecule has 0 spiro atoms. The Hall–Kier alpha value is -0.560. The van der Waals surface area contributed by atoms with Crippen LogP contribution in [0.3, 0.4) is 0 Å². The summed E-state index contributed by atoms with van der Waals surface area (Å²) in [5, 5.41) is 10.2. The molecule has 0 aliphatic heterocycles. The fraction of sp³-hybridized carbons (Fsp3) is 0.857. The molecule has 0 saturated heterocycles. The van der Waals surface area contributed by atoms with Crippen LogP contribution in [-0.2, 0) is 0 Å². The van der Waals surface area contributed by atoms with Gasteiger partial charge in [-0.2, -0.15) is 0 Å². The summed E-state index contributed by atoms with van der Waals surface area (Å²) in [6.07, 6.45) is 15.0. The van der Waals surface area contributed by atoms with Gasteiger partial charge in [0.2, 0.25) is 0 Å². The smallest absolute Gasteiger partial charge is 0.0577 e. The van der Waals surface area contributed by atoms with Crippen molar-refractivity contribution in [1.29, 1.82) is 0 Å². The summed E-state index contributed by atoms with van der Waals surface area (Å²) in [7, 11) is 0. The second-order valence-corrected chi connectivity index (χ2v) is 12.2. The van der Waals surface area contributed by atoms with Crippen LogP contribution in [0.5, 0.6) is 0 Å². The van der Waals surface area contributed by atoms with Crippen molar-refractivity contribution in [3.63, 3.8) is 0 Å². The maximum Gasteiger partial charge on any atom is 0.0577 e. The van der Waals surface area contributed by atoms with E-state index in [0.717, 1.165) is 48.3 Å². The fourth-order valence-electron chi connectivity index (χ4n) is 8.23. The molecule has 0 aromatic rings. The first-order valence-electron chi connectivity index (χ1n) is 12.7. The first-order valence-corrected chi connectivity index (χ1v) is 12.7.